The van der Waals surface area contributed by atoms with Crippen LogP contribution in [0.2, 0.25) is 0 Å². The fraction of sp³-hybridized carbons (Fsp3) is 0.421. The number of ether oxygens (including phenoxy) is 1. The predicted octanol–water partition coefficient (Wildman–Crippen LogP) is 3.10. The van der Waals surface area contributed by atoms with E-state index in [0.29, 0.717) is 50.4 Å². The minimum atomic E-state index is -0.818. The molecular formula is C38H48N6O4S. The molecule has 0 aromatic heterocycles. The number of rotatable bonds is 14. The molecule has 5 N–H and O–H groups in total. The molecule has 2 aliphatic rings. The number of nitrogens with one attached hydrogen (secondary N) is 5. The van der Waals surface area contributed by atoms with E-state index in [-0.39, 0.29) is 29.7 Å². The summed E-state index contributed by atoms with van der Waals surface area (Å²) in [5.41, 5.74) is 3.20. The number of fused-ring (bicyclic) bond motifs is 1. The molecule has 3 aromatic rings. The third kappa shape index (κ3) is 9.79. The minimum Gasteiger partial charge on any atom is -0.497 e. The van der Waals surface area contributed by atoms with Gasteiger partial charge in [-0.15, -0.1) is 0 Å². The molecule has 0 bridgehead atoms. The Kier molecular flexibility index (Phi) is 13.0. The first kappa shape index (κ1) is 35.8. The van der Waals surface area contributed by atoms with E-state index in [9.17, 15) is 14.4 Å². The van der Waals surface area contributed by atoms with Gasteiger partial charge in [0.25, 0.3) is 0 Å². The van der Waals surface area contributed by atoms with Gasteiger partial charge < -0.3 is 36.2 Å². The van der Waals surface area contributed by atoms with Crippen molar-refractivity contribution in [1.29, 1.82) is 0 Å². The third-order valence-electron chi connectivity index (χ3n) is 9.61. The Hall–Kier alpha value is -4.48. The lowest BCUT2D eigenvalue weighted by Gasteiger charge is -2.33. The van der Waals surface area contributed by atoms with Crippen LogP contribution in [-0.4, -0.2) is 79.1 Å². The highest BCUT2D eigenvalue weighted by atomic mass is 32.1. The van der Waals surface area contributed by atoms with E-state index in [1.807, 2.05) is 84.9 Å². The summed E-state index contributed by atoms with van der Waals surface area (Å²) in [5.74, 6) is -0.0715. The molecule has 49 heavy (non-hydrogen) atoms. The van der Waals surface area contributed by atoms with Crippen LogP contribution in [0.25, 0.3) is 0 Å². The van der Waals surface area contributed by atoms with E-state index in [4.69, 9.17) is 17.0 Å². The Bertz CT molecular complexity index is 1540. The second-order valence-electron chi connectivity index (χ2n) is 12.8. The maximum Gasteiger partial charge on any atom is 0.246 e. The highest BCUT2D eigenvalue weighted by molar-refractivity contribution is 7.80. The smallest absolute Gasteiger partial charge is 0.246 e. The number of carbonyl (C=O) groups is 3. The summed E-state index contributed by atoms with van der Waals surface area (Å²) in [6, 6.07) is 25.5. The standard InChI is InChI=1S/C38H48N6O4S/c1-39-32(23-27-9-5-3-6-10-27)35(45)43-34-29(25-42-38(49)41-24-28-11-7-4-8-12-28)15-16-30-17-20-33(44(30)37(34)47)36(46)40-22-21-26-13-18-31(48-2)19-14-26/h3-14,18-19,29-30,32-34,39H,15-17,20-25H2,1-2H3,(H,40,46)(H,43,45)(H2,41,42,49)/t29-,30+,32-,33+,34+/m1/s1. The van der Waals surface area contributed by atoms with Gasteiger partial charge in [0.05, 0.1) is 13.2 Å². The largest absolute Gasteiger partial charge is 0.497 e. The number of nitrogens with zero attached hydrogens (tertiary/aromatic N) is 1. The van der Waals surface area contributed by atoms with Crippen molar-refractivity contribution >= 4 is 35.1 Å². The molecule has 3 aromatic carbocycles. The zero-order chi connectivity index (χ0) is 34.6. The van der Waals surface area contributed by atoms with E-state index in [1.165, 1.54) is 0 Å². The van der Waals surface area contributed by atoms with Gasteiger partial charge in [-0.25, -0.2) is 0 Å². The number of amides is 3. The van der Waals surface area contributed by atoms with Gasteiger partial charge in [-0.05, 0) is 86.6 Å². The van der Waals surface area contributed by atoms with Gasteiger partial charge in [0.15, 0.2) is 5.11 Å². The maximum atomic E-state index is 14.5. The number of thiocarbonyl (C=S) groups is 1. The van der Waals surface area contributed by atoms with Crippen LogP contribution in [0.4, 0.5) is 0 Å². The summed E-state index contributed by atoms with van der Waals surface area (Å²) in [4.78, 5) is 43.6. The Morgan fingerprint density at radius 1 is 0.857 bits per heavy atom. The first-order chi connectivity index (χ1) is 23.9. The Labute approximate surface area is 294 Å². The second-order valence-corrected chi connectivity index (χ2v) is 13.2. The number of carbonyl (C=O) groups excluding carboxylic acids is 3. The Morgan fingerprint density at radius 2 is 1.53 bits per heavy atom. The molecule has 2 aliphatic heterocycles. The van der Waals surface area contributed by atoms with E-state index < -0.39 is 18.1 Å². The summed E-state index contributed by atoms with van der Waals surface area (Å²) in [7, 11) is 3.38. The van der Waals surface area contributed by atoms with Gasteiger partial charge in [0.1, 0.15) is 17.8 Å². The van der Waals surface area contributed by atoms with Crippen LogP contribution >= 0.6 is 12.2 Å². The number of likely N-dealkylation sites (N-methyl/N-ethyl adjacent to an activating group) is 1. The van der Waals surface area contributed by atoms with Gasteiger partial charge in [0, 0.05) is 31.6 Å². The van der Waals surface area contributed by atoms with Crippen molar-refractivity contribution in [2.24, 2.45) is 5.92 Å². The zero-order valence-corrected chi connectivity index (χ0v) is 29.1. The number of methoxy groups -OCH3 is 1. The van der Waals surface area contributed by atoms with Crippen LogP contribution in [-0.2, 0) is 33.8 Å². The van der Waals surface area contributed by atoms with Crippen LogP contribution in [0, 0.1) is 5.92 Å². The summed E-state index contributed by atoms with van der Waals surface area (Å²) in [5, 5.41) is 16.3. The molecule has 0 radical (unpaired) electrons. The number of hydrogen-bond acceptors (Lipinski definition) is 6. The molecule has 0 spiro atoms. The Morgan fingerprint density at radius 3 is 2.20 bits per heavy atom. The van der Waals surface area contributed by atoms with Crippen LogP contribution in [0.3, 0.4) is 0 Å². The molecule has 5 rings (SSSR count). The lowest BCUT2D eigenvalue weighted by molar-refractivity contribution is -0.143. The molecule has 2 heterocycles. The van der Waals surface area contributed by atoms with Crippen LogP contribution in [0.1, 0.15) is 42.4 Å². The van der Waals surface area contributed by atoms with Crippen molar-refractivity contribution in [2.45, 2.75) is 69.2 Å². The van der Waals surface area contributed by atoms with Crippen molar-refractivity contribution in [3.05, 3.63) is 102 Å². The normalized spacial score (nSPS) is 20.8. The molecule has 260 valence electrons. The van der Waals surface area contributed by atoms with Gasteiger partial charge in [0.2, 0.25) is 17.7 Å². The molecule has 5 atom stereocenters. The van der Waals surface area contributed by atoms with Crippen molar-refractivity contribution in [3.63, 3.8) is 0 Å². The number of hydrogen-bond donors (Lipinski definition) is 5. The molecule has 2 fully saturated rings. The minimum absolute atomic E-state index is 0.0678. The summed E-state index contributed by atoms with van der Waals surface area (Å²) >= 11 is 5.59. The number of benzene rings is 3. The first-order valence-electron chi connectivity index (χ1n) is 17.2. The van der Waals surface area contributed by atoms with Gasteiger partial charge >= 0.3 is 0 Å². The van der Waals surface area contributed by atoms with Crippen molar-refractivity contribution < 1.29 is 19.1 Å². The zero-order valence-electron chi connectivity index (χ0n) is 28.3. The van der Waals surface area contributed by atoms with Gasteiger partial charge in [-0.2, -0.15) is 0 Å². The van der Waals surface area contributed by atoms with Crippen molar-refractivity contribution in [1.82, 2.24) is 31.5 Å². The molecule has 0 unspecified atom stereocenters. The topological polar surface area (TPSA) is 124 Å². The quantitative estimate of drug-likeness (QED) is 0.164. The van der Waals surface area contributed by atoms with E-state index in [2.05, 4.69) is 26.6 Å². The van der Waals surface area contributed by atoms with Crippen LogP contribution in [0.15, 0.2) is 84.9 Å². The van der Waals surface area contributed by atoms with E-state index in [1.54, 1.807) is 19.1 Å². The molecule has 0 aliphatic carbocycles. The maximum absolute atomic E-state index is 14.5. The lowest BCUT2D eigenvalue weighted by atomic mass is 9.92. The Balaban J connectivity index is 1.27. The highest BCUT2D eigenvalue weighted by Crippen LogP contribution is 2.34. The molecule has 3 amide bonds. The van der Waals surface area contributed by atoms with Crippen molar-refractivity contribution in [3.8, 4) is 5.75 Å². The lowest BCUT2D eigenvalue weighted by Crippen LogP contribution is -2.59. The first-order valence-corrected chi connectivity index (χ1v) is 17.6. The molecule has 10 nitrogen and oxygen atoms in total. The molecule has 2 saturated heterocycles. The SMILES string of the molecule is CN[C@H](Cc1ccccc1)C(=O)N[C@@H]1C(=O)N2[C@@H](CC[C@@H]1CNC(=S)NCc1ccccc1)CC[C@H]2C(=O)NCCc1ccc(OC)cc1. The molecular weight excluding hydrogens is 637 g/mol. The molecule has 0 saturated carbocycles. The highest BCUT2D eigenvalue weighted by Gasteiger charge is 2.47. The second kappa shape index (κ2) is 17.8. The predicted molar refractivity (Wildman–Crippen MR) is 195 cm³/mol. The van der Waals surface area contributed by atoms with Gasteiger partial charge in [-0.1, -0.05) is 72.8 Å². The monoisotopic (exact) mass is 684 g/mol. The summed E-state index contributed by atoms with van der Waals surface area (Å²) in [6.45, 7) is 1.43. The fourth-order valence-electron chi connectivity index (χ4n) is 6.83. The average Bonchev–Trinajstić information content (AvgIpc) is 3.52. The average molecular weight is 685 g/mol. The van der Waals surface area contributed by atoms with E-state index >= 15 is 0 Å². The summed E-state index contributed by atoms with van der Waals surface area (Å²) < 4.78 is 5.24. The van der Waals surface area contributed by atoms with Crippen LogP contribution in [0.5, 0.6) is 5.75 Å². The van der Waals surface area contributed by atoms with Gasteiger partial charge in [-0.3, -0.25) is 14.4 Å². The van der Waals surface area contributed by atoms with Crippen molar-refractivity contribution in [2.75, 3.05) is 27.2 Å². The third-order valence-corrected chi connectivity index (χ3v) is 9.89. The molecule has 11 heteroatoms. The fourth-order valence-corrected chi connectivity index (χ4v) is 6.98. The van der Waals surface area contributed by atoms with Crippen LogP contribution < -0.4 is 31.3 Å². The van der Waals surface area contributed by atoms with E-state index in [0.717, 1.165) is 35.3 Å². The summed E-state index contributed by atoms with van der Waals surface area (Å²) in [6.07, 6.45) is 3.91.